The Morgan fingerprint density at radius 1 is 0.536 bits per heavy atom. The number of H-pyrrole nitrogens is 2. The quantitative estimate of drug-likeness (QED) is 0.0367. The number of carboxylic acid groups (broad SMARTS) is 2. The molecule has 0 aliphatic heterocycles. The van der Waals surface area contributed by atoms with Crippen molar-refractivity contribution in [3.05, 3.63) is 116 Å². The molecule has 0 saturated heterocycles. The molecule has 15 N–H and O–H groups in total. The molecule has 84 heavy (non-hydrogen) atoms. The molecule has 0 spiro atoms. The number of aliphatic hydroxyl groups is 1. The van der Waals surface area contributed by atoms with Crippen molar-refractivity contribution in [1.82, 2.24) is 29.9 Å². The van der Waals surface area contributed by atoms with Gasteiger partial charge < -0.3 is 46.8 Å². The second-order valence-corrected chi connectivity index (χ2v) is 23.2. The largest absolute Gasteiger partial charge is 0.505 e. The van der Waals surface area contributed by atoms with Crippen LogP contribution in [0.5, 0.6) is 11.5 Å². The van der Waals surface area contributed by atoms with E-state index in [1.807, 2.05) is 0 Å². The van der Waals surface area contributed by atoms with Gasteiger partial charge in [0.25, 0.3) is 40.5 Å². The lowest BCUT2D eigenvalue weighted by Crippen LogP contribution is -2.30. The number of aromatic nitrogens is 6. The number of hydrogen-bond donors (Lipinski definition) is 15. The number of carbonyl (C=O) groups is 2. The fraction of sp³-hybridized carbons (Fsp3) is 0.111. The van der Waals surface area contributed by atoms with E-state index in [4.69, 9.17) is 0 Å². The third-order valence-electron chi connectivity index (χ3n) is 11.5. The third kappa shape index (κ3) is 13.5. The topological polar surface area (TPSA) is 568 Å². The van der Waals surface area contributed by atoms with Crippen molar-refractivity contribution in [3.8, 4) is 11.5 Å². The third-order valence-corrected chi connectivity index (χ3v) is 14.9. The lowest BCUT2D eigenvalue weighted by Gasteiger charge is -2.16. The Bertz CT molecular complexity index is 4470. The van der Waals surface area contributed by atoms with Crippen LogP contribution in [-0.2, 0) is 40.5 Å². The average Bonchev–Trinajstić information content (AvgIpc) is 1.00. The van der Waals surface area contributed by atoms with E-state index in [1.54, 1.807) is 13.8 Å². The fourth-order valence-electron chi connectivity index (χ4n) is 7.82. The monoisotopic (exact) mass is 1240 g/mol. The lowest BCUT2D eigenvalue weighted by molar-refractivity contribution is 0.0686. The second-order valence-electron chi connectivity index (χ2n) is 17.6. The molecular weight excluding hydrogens is 1200 g/mol. The van der Waals surface area contributed by atoms with Crippen molar-refractivity contribution < 1.29 is 87.0 Å². The van der Waals surface area contributed by atoms with Crippen LogP contribution in [0.4, 0.5) is 57.9 Å². The molecule has 438 valence electrons. The zero-order valence-electron chi connectivity index (χ0n) is 42.1. The molecule has 6 aromatic carbocycles. The van der Waals surface area contributed by atoms with Crippen molar-refractivity contribution >= 4 is 132 Å². The van der Waals surface area contributed by atoms with Gasteiger partial charge in [0.2, 0.25) is 23.8 Å². The van der Waals surface area contributed by atoms with Gasteiger partial charge in [-0.1, -0.05) is 23.3 Å². The van der Waals surface area contributed by atoms with E-state index in [2.05, 4.69) is 71.6 Å². The molecule has 0 saturated carbocycles. The molecule has 0 fully saturated rings. The highest BCUT2D eigenvalue weighted by atomic mass is 32.2. The van der Waals surface area contributed by atoms with Crippen LogP contribution in [0.1, 0.15) is 31.8 Å². The molecule has 0 aliphatic rings. The molecule has 0 radical (unpaired) electrons. The highest BCUT2D eigenvalue weighted by Gasteiger charge is 2.29. The van der Waals surface area contributed by atoms with Crippen LogP contribution in [0.15, 0.2) is 122 Å². The van der Waals surface area contributed by atoms with E-state index < -0.39 is 193 Å². The second kappa shape index (κ2) is 22.7. The summed E-state index contributed by atoms with van der Waals surface area (Å²) < 4.78 is 140. The van der Waals surface area contributed by atoms with Gasteiger partial charge in [-0.3, -0.25) is 28.2 Å². The van der Waals surface area contributed by atoms with Gasteiger partial charge >= 0.3 is 23.3 Å². The van der Waals surface area contributed by atoms with E-state index in [-0.39, 0.29) is 11.4 Å². The molecule has 0 amide bonds. The predicted octanol–water partition coefficient (Wildman–Crippen LogP) is 4.56. The first-order valence-electron chi connectivity index (χ1n) is 22.9. The van der Waals surface area contributed by atoms with Gasteiger partial charge in [-0.15, -0.1) is 20.5 Å². The summed E-state index contributed by atoms with van der Waals surface area (Å²) in [6.45, 7) is 2.05. The van der Waals surface area contributed by atoms with Crippen molar-refractivity contribution in [1.29, 1.82) is 0 Å². The Kier molecular flexibility index (Phi) is 16.3. The van der Waals surface area contributed by atoms with Crippen molar-refractivity contribution in [2.75, 3.05) is 34.4 Å². The van der Waals surface area contributed by atoms with E-state index in [1.165, 1.54) is 36.4 Å². The Hall–Kier alpha value is -10.0. The number of rotatable bonds is 20. The van der Waals surface area contributed by atoms with Crippen LogP contribution in [0.2, 0.25) is 0 Å². The number of aromatic amines is 2. The summed E-state index contributed by atoms with van der Waals surface area (Å²) in [5.74, 6) is -7.47. The van der Waals surface area contributed by atoms with Crippen LogP contribution in [0, 0.1) is 13.8 Å². The SMILES string of the molecule is Cc1ccc(N=Nc2c(S(=O)(=O)O)cc3cc(S(=O)(=O)O)cc(Nc4nc(NCC(O)CNc5nc(Nc6cc(S(=O)(=O)O)cc7cc(S(=O)(=O)O)c(N=Nc8ccc(C)cc8C(=O)O)c(O)c67)[nH]c(=O)n5)nc(=O)[nH]4)c3c2O)c(C(=O)O)c1. The van der Waals surface area contributed by atoms with Gasteiger partial charge in [0.15, 0.2) is 11.5 Å². The number of aliphatic hydroxyl groups excluding tert-OH is 1. The normalized spacial score (nSPS) is 12.7. The van der Waals surface area contributed by atoms with Crippen LogP contribution < -0.4 is 32.6 Å². The molecular formula is C45H38N14O21S4. The number of fused-ring (bicyclic) bond motifs is 2. The number of carboxylic acids is 2. The number of nitrogens with one attached hydrogen (secondary N) is 6. The standard InChI is InChI=1S/C45H38N14O21S4/c1-17-3-5-26(24(7-17)38(63)64)56-58-34-30(83(75,76)77)11-19-9-22(81(69,70)71)13-28(32(19)36(34)61)48-42-50-40(52-44(67)54-42)46-15-21(60)16-47-41-51-43(55-45(68)53-41)49-29-14-23(82(72,73)74)10-20-12-31(84(78,79)80)35(37(62)33(20)29)59-57-27-6-4-18(2)8-25(27)39(65)66/h3-14,21,60-62H,15-16H2,1-2H3,(H,63,64)(H,65,66)(H,69,70,71)(H,72,73,74)(H,75,76,77)(H,78,79,80)(H3,46,48,50,52,54,67)(H3,47,49,51,53,55,68). The molecule has 8 aromatic rings. The lowest BCUT2D eigenvalue weighted by atomic mass is 10.1. The number of aryl methyl sites for hydroxylation is 2. The van der Waals surface area contributed by atoms with E-state index in [0.717, 1.165) is 0 Å². The van der Waals surface area contributed by atoms with Gasteiger partial charge in [0.05, 0.1) is 38.4 Å². The summed E-state index contributed by atoms with van der Waals surface area (Å²) >= 11 is 0. The zero-order valence-corrected chi connectivity index (χ0v) is 45.3. The van der Waals surface area contributed by atoms with Crippen LogP contribution in [-0.4, -0.2) is 138 Å². The first-order valence-corrected chi connectivity index (χ1v) is 28.7. The maximum atomic E-state index is 12.8. The molecule has 35 nitrogen and oxygen atoms in total. The van der Waals surface area contributed by atoms with Gasteiger partial charge in [-0.2, -0.15) is 53.6 Å². The van der Waals surface area contributed by atoms with Gasteiger partial charge in [-0.25, -0.2) is 19.2 Å². The Morgan fingerprint density at radius 2 is 0.905 bits per heavy atom. The number of aromatic carboxylic acids is 2. The molecule has 0 unspecified atom stereocenters. The summed E-state index contributed by atoms with van der Waals surface area (Å²) in [5.41, 5.74) is -5.87. The number of phenols is 2. The smallest absolute Gasteiger partial charge is 0.351 e. The summed E-state index contributed by atoms with van der Waals surface area (Å²) in [6, 6.07) is 11.8. The maximum absolute atomic E-state index is 12.8. The minimum absolute atomic E-state index is 0.331. The minimum Gasteiger partial charge on any atom is -0.505 e. The number of hydrogen-bond acceptors (Lipinski definition) is 27. The molecule has 2 aromatic heterocycles. The molecule has 0 aliphatic carbocycles. The van der Waals surface area contributed by atoms with Gasteiger partial charge in [0.1, 0.15) is 32.5 Å². The minimum atomic E-state index is -5.35. The Labute approximate surface area is 468 Å². The number of phenolic OH excluding ortho intramolecular Hbond substituents is 2. The van der Waals surface area contributed by atoms with Crippen LogP contribution in [0.25, 0.3) is 21.5 Å². The highest BCUT2D eigenvalue weighted by molar-refractivity contribution is 7.86. The molecule has 0 bridgehead atoms. The van der Waals surface area contributed by atoms with E-state index in [9.17, 15) is 96.6 Å². The number of benzene rings is 6. The number of azo groups is 2. The van der Waals surface area contributed by atoms with E-state index in [0.29, 0.717) is 47.5 Å². The average molecular weight is 1240 g/mol. The molecule has 2 heterocycles. The maximum Gasteiger partial charge on any atom is 0.351 e. The first-order chi connectivity index (χ1) is 39.1. The fourth-order valence-corrected chi connectivity index (χ4v) is 10.2. The Balaban J connectivity index is 1.06. The van der Waals surface area contributed by atoms with E-state index >= 15 is 0 Å². The summed E-state index contributed by atoms with van der Waals surface area (Å²) in [7, 11) is -21.0. The first kappa shape index (κ1) is 60.1. The number of nitrogens with zero attached hydrogens (tertiary/aromatic N) is 8. The van der Waals surface area contributed by atoms with Crippen LogP contribution in [0.3, 0.4) is 0 Å². The Morgan fingerprint density at radius 3 is 1.24 bits per heavy atom. The highest BCUT2D eigenvalue weighted by Crippen LogP contribution is 2.47. The zero-order chi connectivity index (χ0) is 61.5. The predicted molar refractivity (Wildman–Crippen MR) is 290 cm³/mol. The molecule has 8 rings (SSSR count). The van der Waals surface area contributed by atoms with Gasteiger partial charge in [-0.05, 0) is 85.3 Å². The van der Waals surface area contributed by atoms with Crippen molar-refractivity contribution in [3.63, 3.8) is 0 Å². The van der Waals surface area contributed by atoms with Gasteiger partial charge in [0, 0.05) is 23.9 Å². The number of aromatic hydroxyl groups is 2. The summed E-state index contributed by atoms with van der Waals surface area (Å²) in [6.07, 6.45) is -1.53. The van der Waals surface area contributed by atoms with Crippen molar-refractivity contribution in [2.45, 2.75) is 39.5 Å². The summed E-state index contributed by atoms with van der Waals surface area (Å²) in [5, 5.41) is 76.5. The summed E-state index contributed by atoms with van der Waals surface area (Å²) in [4.78, 5) is 64.9. The molecule has 0 atom stereocenters. The molecule has 39 heteroatoms. The van der Waals surface area contributed by atoms with Crippen LogP contribution >= 0.6 is 0 Å². The van der Waals surface area contributed by atoms with Crippen molar-refractivity contribution in [2.24, 2.45) is 20.5 Å². The number of anilines is 6.